The largest absolute Gasteiger partial charge is 0.297 e. The Bertz CT molecular complexity index is 808. The van der Waals surface area contributed by atoms with Crippen molar-refractivity contribution in [2.75, 3.05) is 7.05 Å². The maximum atomic E-state index is 10.3. The van der Waals surface area contributed by atoms with Gasteiger partial charge < -0.3 is 0 Å². The average molecular weight is 431 g/mol. The van der Waals surface area contributed by atoms with Crippen LogP contribution in [0.4, 0.5) is 0 Å². The molecule has 2 aromatic rings. The fourth-order valence-electron chi connectivity index (χ4n) is 4.24. The minimum Gasteiger partial charge on any atom is -0.297 e. The second-order valence-corrected chi connectivity index (χ2v) is 9.00. The van der Waals surface area contributed by atoms with Gasteiger partial charge in [0.2, 0.25) is 0 Å². The predicted octanol–water partition coefficient (Wildman–Crippen LogP) is 7.66. The quantitative estimate of drug-likeness (QED) is 0.407. The van der Waals surface area contributed by atoms with E-state index in [0.29, 0.717) is 22.1 Å². The van der Waals surface area contributed by atoms with E-state index in [1.54, 1.807) is 0 Å². The Labute approximate surface area is 186 Å². The van der Waals surface area contributed by atoms with Crippen LogP contribution in [0.3, 0.4) is 0 Å². The van der Waals surface area contributed by atoms with Gasteiger partial charge in [-0.1, -0.05) is 80.4 Å². The molecule has 0 amide bonds. The fourth-order valence-corrected chi connectivity index (χ4v) is 4.97. The van der Waals surface area contributed by atoms with Crippen LogP contribution in [0, 0.1) is 17.2 Å². The van der Waals surface area contributed by atoms with Crippen LogP contribution in [-0.4, -0.2) is 18.0 Å². The molecule has 0 spiro atoms. The van der Waals surface area contributed by atoms with Crippen molar-refractivity contribution in [2.24, 2.45) is 5.92 Å². The summed E-state index contributed by atoms with van der Waals surface area (Å²) >= 11 is 13.1. The van der Waals surface area contributed by atoms with Crippen molar-refractivity contribution < 1.29 is 0 Å². The zero-order valence-electron chi connectivity index (χ0n) is 18.1. The molecule has 2 rings (SSSR count). The molecular weight excluding hydrogens is 399 g/mol. The van der Waals surface area contributed by atoms with Gasteiger partial charge in [0.05, 0.1) is 11.5 Å². The van der Waals surface area contributed by atoms with Gasteiger partial charge in [-0.2, -0.15) is 5.26 Å². The smallest absolute Gasteiger partial charge is 0.0874 e. The Hall–Kier alpha value is -1.53. The number of nitriles is 1. The van der Waals surface area contributed by atoms with Crippen molar-refractivity contribution in [3.05, 3.63) is 69.7 Å². The lowest BCUT2D eigenvalue weighted by Crippen LogP contribution is -2.37. The van der Waals surface area contributed by atoms with Crippen LogP contribution < -0.4 is 0 Å². The summed E-state index contributed by atoms with van der Waals surface area (Å²) in [5, 5.41) is 11.4. The molecule has 2 aromatic carbocycles. The van der Waals surface area contributed by atoms with E-state index in [4.69, 9.17) is 23.2 Å². The molecule has 4 heteroatoms. The lowest BCUT2D eigenvalue weighted by Gasteiger charge is -2.37. The zero-order chi connectivity index (χ0) is 21.6. The summed E-state index contributed by atoms with van der Waals surface area (Å²) in [4.78, 5) is 2.42. The van der Waals surface area contributed by atoms with Crippen molar-refractivity contribution in [3.63, 3.8) is 0 Å². The monoisotopic (exact) mass is 430 g/mol. The first-order valence-electron chi connectivity index (χ1n) is 10.4. The summed E-state index contributed by atoms with van der Waals surface area (Å²) < 4.78 is 0. The highest BCUT2D eigenvalue weighted by Crippen LogP contribution is 2.44. The van der Waals surface area contributed by atoms with Gasteiger partial charge in [0.25, 0.3) is 0 Å². The summed E-state index contributed by atoms with van der Waals surface area (Å²) in [5.74, 6) is 0.0965. The molecule has 0 heterocycles. The predicted molar refractivity (Wildman–Crippen MR) is 125 cm³/mol. The second kappa shape index (κ2) is 10.5. The van der Waals surface area contributed by atoms with Gasteiger partial charge in [0.1, 0.15) is 0 Å². The number of benzene rings is 2. The van der Waals surface area contributed by atoms with E-state index in [0.717, 1.165) is 24.8 Å². The number of halogens is 2. The molecule has 0 saturated heterocycles. The molecule has 29 heavy (non-hydrogen) atoms. The van der Waals surface area contributed by atoms with E-state index in [1.165, 1.54) is 5.56 Å². The van der Waals surface area contributed by atoms with Gasteiger partial charge in [-0.05, 0) is 56.8 Å². The average Bonchev–Trinajstić information content (AvgIpc) is 2.72. The van der Waals surface area contributed by atoms with Gasteiger partial charge in [0, 0.05) is 27.7 Å². The summed E-state index contributed by atoms with van der Waals surface area (Å²) in [7, 11) is 2.18. The highest BCUT2D eigenvalue weighted by Gasteiger charge is 2.40. The third kappa shape index (κ3) is 5.15. The SMILES string of the molecule is CCC(CCC(C#N)(c1c(Cl)cccc1Cl)C(C)C)N(C)C(C)c1ccccc1. The van der Waals surface area contributed by atoms with Crippen LogP contribution in [0.5, 0.6) is 0 Å². The van der Waals surface area contributed by atoms with E-state index >= 15 is 0 Å². The zero-order valence-corrected chi connectivity index (χ0v) is 19.6. The van der Waals surface area contributed by atoms with E-state index in [2.05, 4.69) is 70.0 Å². The van der Waals surface area contributed by atoms with Crippen LogP contribution in [0.1, 0.15) is 64.1 Å². The van der Waals surface area contributed by atoms with Gasteiger partial charge in [-0.3, -0.25) is 4.90 Å². The Morgan fingerprint density at radius 3 is 2.07 bits per heavy atom. The first-order valence-corrected chi connectivity index (χ1v) is 11.2. The molecule has 156 valence electrons. The molecule has 0 aliphatic rings. The first kappa shape index (κ1) is 23.7. The van der Waals surface area contributed by atoms with Gasteiger partial charge in [0.15, 0.2) is 0 Å². The highest BCUT2D eigenvalue weighted by atomic mass is 35.5. The fraction of sp³-hybridized carbons (Fsp3) is 0.480. The Balaban J connectivity index is 2.29. The van der Waals surface area contributed by atoms with Crippen molar-refractivity contribution in [1.82, 2.24) is 4.90 Å². The second-order valence-electron chi connectivity index (χ2n) is 8.19. The first-order chi connectivity index (χ1) is 13.8. The molecule has 2 nitrogen and oxygen atoms in total. The molecule has 3 atom stereocenters. The molecule has 0 radical (unpaired) electrons. The molecule has 0 saturated carbocycles. The third-order valence-corrected chi connectivity index (χ3v) is 7.04. The molecule has 0 aromatic heterocycles. The van der Waals surface area contributed by atoms with E-state index in [1.807, 2.05) is 24.3 Å². The standard InChI is InChI=1S/C25H32Cl2N2/c1-6-21(29(5)19(4)20-11-8-7-9-12-20)15-16-25(17-28,18(2)3)24-22(26)13-10-14-23(24)27/h7-14,18-19,21H,6,15-16H2,1-5H3. The van der Waals surface area contributed by atoms with Crippen molar-refractivity contribution in [1.29, 1.82) is 5.26 Å². The Morgan fingerprint density at radius 2 is 1.59 bits per heavy atom. The Morgan fingerprint density at radius 1 is 1.00 bits per heavy atom. The summed E-state index contributed by atoms with van der Waals surface area (Å²) in [5.41, 5.74) is 1.37. The number of nitrogens with zero attached hydrogens (tertiary/aromatic N) is 2. The van der Waals surface area contributed by atoms with Crippen LogP contribution in [0.2, 0.25) is 10.0 Å². The normalized spacial score (nSPS) is 15.7. The molecule has 0 aliphatic carbocycles. The maximum Gasteiger partial charge on any atom is 0.0874 e. The molecule has 3 unspecified atom stereocenters. The van der Waals surface area contributed by atoms with E-state index in [-0.39, 0.29) is 5.92 Å². The van der Waals surface area contributed by atoms with Crippen molar-refractivity contribution in [2.45, 2.75) is 64.5 Å². The van der Waals surface area contributed by atoms with E-state index < -0.39 is 5.41 Å². The van der Waals surface area contributed by atoms with Crippen molar-refractivity contribution >= 4 is 23.2 Å². The summed E-state index contributed by atoms with van der Waals surface area (Å²) in [6.07, 6.45) is 2.63. The van der Waals surface area contributed by atoms with Crippen LogP contribution in [-0.2, 0) is 5.41 Å². The third-order valence-electron chi connectivity index (χ3n) is 6.41. The maximum absolute atomic E-state index is 10.3. The number of rotatable bonds is 9. The molecule has 0 aliphatic heterocycles. The molecule has 0 bridgehead atoms. The summed E-state index contributed by atoms with van der Waals surface area (Å²) in [6, 6.07) is 19.3. The van der Waals surface area contributed by atoms with Gasteiger partial charge >= 0.3 is 0 Å². The van der Waals surface area contributed by atoms with Crippen LogP contribution >= 0.6 is 23.2 Å². The lowest BCUT2D eigenvalue weighted by molar-refractivity contribution is 0.158. The van der Waals surface area contributed by atoms with Gasteiger partial charge in [-0.25, -0.2) is 0 Å². The van der Waals surface area contributed by atoms with Crippen LogP contribution in [0.15, 0.2) is 48.5 Å². The van der Waals surface area contributed by atoms with Crippen molar-refractivity contribution in [3.8, 4) is 6.07 Å². The number of hydrogen-bond donors (Lipinski definition) is 0. The molecular formula is C25H32Cl2N2. The Kier molecular flexibility index (Phi) is 8.58. The minimum atomic E-state index is -0.709. The summed E-state index contributed by atoms with van der Waals surface area (Å²) in [6.45, 7) is 8.62. The number of hydrogen-bond acceptors (Lipinski definition) is 2. The topological polar surface area (TPSA) is 27.0 Å². The lowest BCUT2D eigenvalue weighted by atomic mass is 9.69. The molecule has 0 N–H and O–H groups in total. The highest BCUT2D eigenvalue weighted by molar-refractivity contribution is 6.36. The minimum absolute atomic E-state index is 0.0965. The van der Waals surface area contributed by atoms with E-state index in [9.17, 15) is 5.26 Å². The van der Waals surface area contributed by atoms with Gasteiger partial charge in [-0.15, -0.1) is 0 Å². The van der Waals surface area contributed by atoms with Crippen LogP contribution in [0.25, 0.3) is 0 Å². The molecule has 0 fully saturated rings.